The van der Waals surface area contributed by atoms with Crippen LogP contribution in [0, 0.1) is 5.41 Å². The smallest absolute Gasteiger partial charge is 0.221 e. The molecule has 2 fully saturated rings. The highest BCUT2D eigenvalue weighted by Crippen LogP contribution is 2.35. The van der Waals surface area contributed by atoms with Crippen LogP contribution in [0.4, 0.5) is 0 Å². The zero-order valence-corrected chi connectivity index (χ0v) is 10.1. The standard InChI is InChI=1S/C11H19N5O/c1-7(12)14-11(15-13-2)16-8-3-4-9(16)6-10(17)5-8/h8-10,17H,2-6H2,1H3,(H2,12,14,15). The molecule has 2 aliphatic heterocycles. The SMILES string of the molecule is C=NN/C(=N\C(C)=N)N1C2CCC1CC(O)C2. The van der Waals surface area contributed by atoms with Crippen LogP contribution in [0.2, 0.25) is 0 Å². The number of piperidine rings is 1. The molecule has 2 rings (SSSR count). The summed E-state index contributed by atoms with van der Waals surface area (Å²) in [6.07, 6.45) is 3.46. The average Bonchev–Trinajstić information content (AvgIpc) is 2.50. The van der Waals surface area contributed by atoms with Gasteiger partial charge in [0, 0.05) is 18.8 Å². The second kappa shape index (κ2) is 4.83. The van der Waals surface area contributed by atoms with Gasteiger partial charge in [-0.15, -0.1) is 0 Å². The Labute approximate surface area is 101 Å². The first-order valence-electron chi connectivity index (χ1n) is 5.93. The topological polar surface area (TPSA) is 84.1 Å². The molecular formula is C11H19N5O. The largest absolute Gasteiger partial charge is 0.393 e. The Bertz CT molecular complexity index is 340. The number of nitrogens with one attached hydrogen (secondary N) is 2. The average molecular weight is 237 g/mol. The maximum absolute atomic E-state index is 9.74. The van der Waals surface area contributed by atoms with E-state index in [-0.39, 0.29) is 11.9 Å². The molecule has 2 atom stereocenters. The van der Waals surface area contributed by atoms with Gasteiger partial charge in [0.05, 0.1) is 6.10 Å². The molecule has 17 heavy (non-hydrogen) atoms. The van der Waals surface area contributed by atoms with Gasteiger partial charge in [0.1, 0.15) is 5.84 Å². The molecule has 0 radical (unpaired) electrons. The fourth-order valence-corrected chi connectivity index (χ4v) is 2.86. The van der Waals surface area contributed by atoms with Gasteiger partial charge in [-0.1, -0.05) is 0 Å². The summed E-state index contributed by atoms with van der Waals surface area (Å²) in [6.45, 7) is 5.03. The molecule has 6 nitrogen and oxygen atoms in total. The molecule has 0 saturated carbocycles. The number of amidine groups is 1. The number of hydrazone groups is 1. The van der Waals surface area contributed by atoms with Crippen molar-refractivity contribution in [2.45, 2.75) is 50.8 Å². The number of aliphatic imine (C=N–C) groups is 1. The van der Waals surface area contributed by atoms with E-state index in [4.69, 9.17) is 5.41 Å². The minimum atomic E-state index is -0.206. The summed E-state index contributed by atoms with van der Waals surface area (Å²) in [5.74, 6) is 0.827. The monoisotopic (exact) mass is 237 g/mol. The number of hydrogen-bond acceptors (Lipinski definition) is 3. The van der Waals surface area contributed by atoms with Crippen LogP contribution in [0.25, 0.3) is 0 Å². The van der Waals surface area contributed by atoms with Crippen LogP contribution in [0.15, 0.2) is 10.1 Å². The van der Waals surface area contributed by atoms with Gasteiger partial charge in [-0.05, 0) is 32.6 Å². The van der Waals surface area contributed by atoms with Crippen molar-refractivity contribution in [2.24, 2.45) is 10.1 Å². The first kappa shape index (κ1) is 12.0. The quantitative estimate of drug-likeness (QED) is 0.353. The first-order chi connectivity index (χ1) is 8.11. The van der Waals surface area contributed by atoms with Crippen molar-refractivity contribution in [1.29, 1.82) is 5.41 Å². The Kier molecular flexibility index (Phi) is 3.42. The van der Waals surface area contributed by atoms with E-state index >= 15 is 0 Å². The van der Waals surface area contributed by atoms with E-state index in [0.717, 1.165) is 25.7 Å². The van der Waals surface area contributed by atoms with Crippen molar-refractivity contribution in [2.75, 3.05) is 0 Å². The van der Waals surface area contributed by atoms with Gasteiger partial charge in [0.25, 0.3) is 0 Å². The molecule has 3 N–H and O–H groups in total. The third-order valence-corrected chi connectivity index (χ3v) is 3.41. The van der Waals surface area contributed by atoms with Gasteiger partial charge in [-0.3, -0.25) is 5.41 Å². The Hall–Kier alpha value is -1.43. The fraction of sp³-hybridized carbons (Fsp3) is 0.727. The lowest BCUT2D eigenvalue weighted by molar-refractivity contribution is 0.0695. The fourth-order valence-electron chi connectivity index (χ4n) is 2.86. The summed E-state index contributed by atoms with van der Waals surface area (Å²) in [5, 5.41) is 20.8. The van der Waals surface area contributed by atoms with Gasteiger partial charge in [-0.25, -0.2) is 5.43 Å². The number of fused-ring (bicyclic) bond motifs is 2. The maximum atomic E-state index is 9.74. The Morgan fingerprint density at radius 1 is 1.41 bits per heavy atom. The Morgan fingerprint density at radius 2 is 2.00 bits per heavy atom. The molecule has 2 saturated heterocycles. The molecule has 2 unspecified atom stereocenters. The highest BCUT2D eigenvalue weighted by atomic mass is 16.3. The van der Waals surface area contributed by atoms with E-state index in [0.29, 0.717) is 18.0 Å². The summed E-state index contributed by atoms with van der Waals surface area (Å²) in [7, 11) is 0. The summed E-state index contributed by atoms with van der Waals surface area (Å²) in [6, 6.07) is 0.604. The van der Waals surface area contributed by atoms with Crippen LogP contribution in [-0.4, -0.2) is 46.7 Å². The number of guanidine groups is 1. The van der Waals surface area contributed by atoms with Gasteiger partial charge < -0.3 is 10.0 Å². The second-order valence-electron chi connectivity index (χ2n) is 4.71. The molecule has 94 valence electrons. The van der Waals surface area contributed by atoms with Crippen LogP contribution in [0.3, 0.4) is 0 Å². The highest BCUT2D eigenvalue weighted by molar-refractivity contribution is 5.93. The van der Waals surface area contributed by atoms with E-state index in [1.54, 1.807) is 6.92 Å². The van der Waals surface area contributed by atoms with E-state index in [1.807, 2.05) is 0 Å². The lowest BCUT2D eigenvalue weighted by Gasteiger charge is -2.38. The van der Waals surface area contributed by atoms with Gasteiger partial charge >= 0.3 is 0 Å². The number of nitrogens with zero attached hydrogens (tertiary/aromatic N) is 3. The van der Waals surface area contributed by atoms with Crippen molar-refractivity contribution in [3.05, 3.63) is 0 Å². The van der Waals surface area contributed by atoms with Crippen LogP contribution in [0.5, 0.6) is 0 Å². The third-order valence-electron chi connectivity index (χ3n) is 3.41. The van der Waals surface area contributed by atoms with E-state index in [1.165, 1.54) is 0 Å². The molecule has 0 aromatic rings. The van der Waals surface area contributed by atoms with Crippen LogP contribution < -0.4 is 5.43 Å². The Balaban J connectivity index is 2.20. The molecule has 0 aromatic heterocycles. The minimum Gasteiger partial charge on any atom is -0.393 e. The lowest BCUT2D eigenvalue weighted by atomic mass is 10.0. The van der Waals surface area contributed by atoms with Gasteiger partial charge in [-0.2, -0.15) is 10.1 Å². The van der Waals surface area contributed by atoms with E-state index in [2.05, 4.69) is 27.1 Å². The molecule has 0 spiro atoms. The van der Waals surface area contributed by atoms with Crippen molar-refractivity contribution in [1.82, 2.24) is 10.3 Å². The van der Waals surface area contributed by atoms with E-state index in [9.17, 15) is 5.11 Å². The number of aliphatic hydroxyl groups excluding tert-OH is 1. The van der Waals surface area contributed by atoms with Gasteiger partial charge in [0.2, 0.25) is 5.96 Å². The molecule has 2 bridgehead atoms. The highest BCUT2D eigenvalue weighted by Gasteiger charge is 2.41. The van der Waals surface area contributed by atoms with Crippen molar-refractivity contribution in [3.8, 4) is 0 Å². The van der Waals surface area contributed by atoms with Crippen molar-refractivity contribution in [3.63, 3.8) is 0 Å². The zero-order chi connectivity index (χ0) is 12.4. The lowest BCUT2D eigenvalue weighted by Crippen LogP contribution is -2.51. The summed E-state index contributed by atoms with van der Waals surface area (Å²) in [5.41, 5.74) is 2.77. The predicted molar refractivity (Wildman–Crippen MR) is 67.4 cm³/mol. The molecule has 0 aliphatic carbocycles. The van der Waals surface area contributed by atoms with Crippen LogP contribution >= 0.6 is 0 Å². The number of hydrogen-bond donors (Lipinski definition) is 3. The molecule has 2 heterocycles. The predicted octanol–water partition coefficient (Wildman–Crippen LogP) is 0.532. The third kappa shape index (κ3) is 2.46. The molecular weight excluding hydrogens is 218 g/mol. The number of aliphatic hydroxyl groups is 1. The zero-order valence-electron chi connectivity index (χ0n) is 10.1. The Morgan fingerprint density at radius 3 is 2.47 bits per heavy atom. The van der Waals surface area contributed by atoms with E-state index < -0.39 is 0 Å². The maximum Gasteiger partial charge on any atom is 0.221 e. The van der Waals surface area contributed by atoms with Crippen LogP contribution in [0.1, 0.15) is 32.6 Å². The normalized spacial score (nSPS) is 32.5. The number of rotatable bonds is 1. The van der Waals surface area contributed by atoms with Crippen LogP contribution in [-0.2, 0) is 0 Å². The summed E-state index contributed by atoms with van der Waals surface area (Å²) >= 11 is 0. The van der Waals surface area contributed by atoms with Crippen molar-refractivity contribution >= 4 is 18.5 Å². The molecule has 0 amide bonds. The molecule has 0 aromatic carbocycles. The van der Waals surface area contributed by atoms with Crippen molar-refractivity contribution < 1.29 is 5.11 Å². The minimum absolute atomic E-state index is 0.206. The summed E-state index contributed by atoms with van der Waals surface area (Å²) in [4.78, 5) is 6.31. The molecule has 6 heteroatoms. The molecule has 2 aliphatic rings. The first-order valence-corrected chi connectivity index (χ1v) is 5.93. The van der Waals surface area contributed by atoms with Gasteiger partial charge in [0.15, 0.2) is 0 Å². The summed E-state index contributed by atoms with van der Waals surface area (Å²) < 4.78 is 0. The second-order valence-corrected chi connectivity index (χ2v) is 4.71.